The summed E-state index contributed by atoms with van der Waals surface area (Å²) < 4.78 is 41.6. The molecule has 6 aromatic rings. The van der Waals surface area contributed by atoms with Crippen LogP contribution in [-0.4, -0.2) is 62.9 Å². The van der Waals surface area contributed by atoms with Crippen LogP contribution in [0.25, 0.3) is 0 Å². The van der Waals surface area contributed by atoms with Crippen LogP contribution in [0.1, 0.15) is 42.8 Å². The van der Waals surface area contributed by atoms with Gasteiger partial charge in [0.15, 0.2) is 5.82 Å². The number of primary amides is 2. The predicted octanol–water partition coefficient (Wildman–Crippen LogP) is 6.05. The Morgan fingerprint density at radius 1 is 0.614 bits per heavy atom. The fraction of sp³-hybridized carbons (Fsp3) is 0.0526. The molecule has 0 unspecified atom stereocenters. The molecule has 3 amide bonds. The lowest BCUT2D eigenvalue weighted by atomic mass is 10.1. The number of hydrogen-bond acceptors (Lipinski definition) is 12. The van der Waals surface area contributed by atoms with Crippen molar-refractivity contribution in [3.63, 3.8) is 0 Å². The number of nitrogens with zero attached hydrogens (tertiary/aromatic N) is 4. The van der Waals surface area contributed by atoms with Gasteiger partial charge in [-0.1, -0.05) is 24.3 Å². The highest BCUT2D eigenvalue weighted by atomic mass is 19.1. The average Bonchev–Trinajstić information content (AvgIpc) is 3.20. The van der Waals surface area contributed by atoms with Crippen LogP contribution in [-0.2, 0) is 0 Å². The molecular weight excluding hydrogens is 747 g/mol. The number of carbonyl (C=O) groups is 4. The molecule has 2 aromatic heterocycles. The van der Waals surface area contributed by atoms with Crippen molar-refractivity contribution in [1.29, 1.82) is 0 Å². The summed E-state index contributed by atoms with van der Waals surface area (Å²) in [5.74, 6) is -3.31. The Bertz CT molecular complexity index is 2390. The predicted molar refractivity (Wildman–Crippen MR) is 207 cm³/mol. The first-order chi connectivity index (χ1) is 27.8. The van der Waals surface area contributed by atoms with E-state index in [-0.39, 0.29) is 51.6 Å². The number of aromatic carboxylic acids is 1. The third-order valence-corrected chi connectivity index (χ3v) is 7.37. The summed E-state index contributed by atoms with van der Waals surface area (Å²) >= 11 is 0. The van der Waals surface area contributed by atoms with Crippen LogP contribution in [0.15, 0.2) is 109 Å². The van der Waals surface area contributed by atoms with Gasteiger partial charge in [-0.3, -0.25) is 18.8 Å². The molecule has 0 aliphatic heterocycles. The maximum Gasteiger partial charge on any atom is 0.341 e. The molecule has 6 rings (SSSR count). The zero-order chi connectivity index (χ0) is 42.2. The van der Waals surface area contributed by atoms with Crippen LogP contribution in [0, 0.1) is 11.6 Å². The second-order valence-electron chi connectivity index (χ2n) is 11.1. The molecule has 2 heterocycles. The minimum atomic E-state index is -1.25. The van der Waals surface area contributed by atoms with Gasteiger partial charge in [0.1, 0.15) is 28.6 Å². The largest absolute Gasteiger partial charge is 0.477 e. The van der Waals surface area contributed by atoms with Crippen LogP contribution in [0.5, 0.6) is 0 Å². The first-order valence-corrected chi connectivity index (χ1v) is 16.2. The van der Waals surface area contributed by atoms with E-state index in [2.05, 4.69) is 46.5 Å². The summed E-state index contributed by atoms with van der Waals surface area (Å²) in [6.07, 6.45) is 2.46. The second-order valence-corrected chi connectivity index (χ2v) is 11.1. The van der Waals surface area contributed by atoms with Crippen molar-refractivity contribution >= 4 is 70.0 Å². The number of anilines is 8. The number of nitrogens with two attached hydrogens (primary N) is 2. The van der Waals surface area contributed by atoms with Crippen molar-refractivity contribution < 1.29 is 38.8 Å². The first-order valence-electron chi connectivity index (χ1n) is 17.0. The van der Waals surface area contributed by atoms with E-state index in [9.17, 15) is 37.5 Å². The van der Waals surface area contributed by atoms with Gasteiger partial charge in [-0.2, -0.15) is 9.97 Å². The van der Waals surface area contributed by atoms with E-state index in [1.54, 1.807) is 42.5 Å². The summed E-state index contributed by atoms with van der Waals surface area (Å²) in [4.78, 5) is 63.4. The zero-order valence-corrected chi connectivity index (χ0v) is 29.8. The summed E-state index contributed by atoms with van der Waals surface area (Å²) in [5, 5.41) is 23.4. The van der Waals surface area contributed by atoms with Gasteiger partial charge in [0.25, 0.3) is 17.7 Å². The van der Waals surface area contributed by atoms with E-state index < -0.39 is 36.7 Å². The molecule has 0 bridgehead atoms. The molecular formula is C38H34F3N11O5. The number of carbonyl (C=O) groups excluding carboxylic acids is 3. The number of amides is 3. The molecule has 10 N–H and O–H groups in total. The lowest BCUT2D eigenvalue weighted by Gasteiger charge is -2.14. The van der Waals surface area contributed by atoms with Crippen molar-refractivity contribution in [2.45, 2.75) is 0 Å². The third-order valence-electron chi connectivity index (χ3n) is 7.37. The minimum Gasteiger partial charge on any atom is -0.477 e. The number of rotatable bonds is 12. The van der Waals surface area contributed by atoms with Gasteiger partial charge in [-0.25, -0.2) is 23.5 Å². The van der Waals surface area contributed by atoms with Crippen molar-refractivity contribution in [2.24, 2.45) is 11.5 Å². The van der Waals surface area contributed by atoms with Crippen LogP contribution in [0.4, 0.5) is 59.5 Å². The van der Waals surface area contributed by atoms with E-state index in [4.69, 9.17) is 12.8 Å². The number of hydrogen-bond donors (Lipinski definition) is 8. The Morgan fingerprint density at radius 2 is 1.00 bits per heavy atom. The number of carboxylic acid groups (broad SMARTS) is 1. The van der Waals surface area contributed by atoms with Gasteiger partial charge in [-0.05, 0) is 72.8 Å². The summed E-state index contributed by atoms with van der Waals surface area (Å²) in [7, 11) is 0.480. The maximum atomic E-state index is 13.1. The Labute approximate surface area is 324 Å². The average molecular weight is 783 g/mol. The zero-order valence-electron chi connectivity index (χ0n) is 30.8. The SMILES string of the molecule is CNC(=O)c1cnc(Nc2ccc(F)cc2)nc1Nc1ccccc1C(N)=O.NC(=O)c1ccccc1Nc1nc(Nc2ccc(F)cc2)ncc1C(=O)O.[2H]CF. The van der Waals surface area contributed by atoms with Gasteiger partial charge < -0.3 is 43.2 Å². The number of carboxylic acids is 1. The first kappa shape index (κ1) is 40.1. The maximum absolute atomic E-state index is 13.1. The Hall–Kier alpha value is -8.09. The number of nitrogens with one attached hydrogen (secondary N) is 5. The standard InChI is InChI=1S/C19H17FN6O2.C18H14FN5O3.CH3F/c1-22-18(28)14-10-23-19(24-12-8-6-11(20)7-9-12)26-17(14)25-15-5-3-2-4-13(15)16(21)27;19-10-5-7-11(8-6-10)22-18-21-9-13(17(26)27)16(24-18)23-14-4-2-1-3-12(14)15(20)25;1-2/h2-10H,1H3,(H2,21,27)(H,22,28)(H2,23,24,25,26);1-9H,(H2,20,25)(H,26,27)(H2,21,22,23,24);1H3/i;;1D. The number of para-hydroxylation sites is 2. The summed E-state index contributed by atoms with van der Waals surface area (Å²) in [6.45, 7) is 0. The summed E-state index contributed by atoms with van der Waals surface area (Å²) in [6, 6.07) is 24.1. The number of aromatic nitrogens is 4. The topological polar surface area (TPSA) is 252 Å². The highest BCUT2D eigenvalue weighted by Crippen LogP contribution is 2.26. The van der Waals surface area contributed by atoms with E-state index in [0.717, 1.165) is 6.20 Å². The molecule has 0 aliphatic carbocycles. The lowest BCUT2D eigenvalue weighted by Crippen LogP contribution is -2.21. The van der Waals surface area contributed by atoms with Gasteiger partial charge in [0, 0.05) is 30.8 Å². The van der Waals surface area contributed by atoms with E-state index in [1.807, 2.05) is 0 Å². The van der Waals surface area contributed by atoms with Crippen molar-refractivity contribution in [3.05, 3.63) is 143 Å². The van der Waals surface area contributed by atoms with Crippen molar-refractivity contribution in [3.8, 4) is 0 Å². The Kier molecular flexibility index (Phi) is 14.0. The van der Waals surface area contributed by atoms with Gasteiger partial charge in [-0.15, -0.1) is 0 Å². The normalized spacial score (nSPS) is 10.2. The Balaban J connectivity index is 0.000000241. The highest BCUT2D eigenvalue weighted by Gasteiger charge is 2.18. The molecule has 16 nitrogen and oxygen atoms in total. The fourth-order valence-corrected chi connectivity index (χ4v) is 4.73. The Morgan fingerprint density at radius 3 is 1.39 bits per heavy atom. The monoisotopic (exact) mass is 782 g/mol. The molecule has 292 valence electrons. The number of halogens is 3. The molecule has 57 heavy (non-hydrogen) atoms. The highest BCUT2D eigenvalue weighted by molar-refractivity contribution is 6.02. The van der Waals surface area contributed by atoms with E-state index in [0.29, 0.717) is 22.7 Å². The fourth-order valence-electron chi connectivity index (χ4n) is 4.73. The lowest BCUT2D eigenvalue weighted by molar-refractivity contribution is 0.0696. The quantitative estimate of drug-likeness (QED) is 0.0705. The molecule has 0 radical (unpaired) electrons. The number of benzene rings is 4. The smallest absolute Gasteiger partial charge is 0.341 e. The molecule has 19 heteroatoms. The van der Waals surface area contributed by atoms with Gasteiger partial charge >= 0.3 is 5.97 Å². The van der Waals surface area contributed by atoms with Crippen LogP contribution < -0.4 is 38.1 Å². The third kappa shape index (κ3) is 11.5. The van der Waals surface area contributed by atoms with Crippen LogP contribution in [0.2, 0.25) is 0 Å². The van der Waals surface area contributed by atoms with Gasteiger partial charge in [0.05, 0.1) is 31.0 Å². The van der Waals surface area contributed by atoms with Crippen LogP contribution >= 0.6 is 0 Å². The van der Waals surface area contributed by atoms with Crippen molar-refractivity contribution in [2.75, 3.05) is 35.5 Å². The van der Waals surface area contributed by atoms with Crippen molar-refractivity contribution in [1.82, 2.24) is 25.3 Å². The second kappa shape index (κ2) is 19.8. The van der Waals surface area contributed by atoms with Gasteiger partial charge in [0.2, 0.25) is 11.9 Å². The number of alkyl halides is 1. The molecule has 0 saturated heterocycles. The van der Waals surface area contributed by atoms with E-state index >= 15 is 0 Å². The molecule has 0 aliphatic rings. The molecule has 4 aromatic carbocycles. The molecule has 0 saturated carbocycles. The molecule has 0 fully saturated rings. The minimum absolute atomic E-state index is 0.0317. The van der Waals surface area contributed by atoms with Crippen LogP contribution in [0.3, 0.4) is 0 Å². The summed E-state index contributed by atoms with van der Waals surface area (Å²) in [5.41, 5.74) is 12.9. The molecule has 0 atom stereocenters. The van der Waals surface area contributed by atoms with E-state index in [1.165, 1.54) is 67.8 Å². The molecule has 0 spiro atoms.